The minimum atomic E-state index is -0.396. The first-order chi connectivity index (χ1) is 6.65. The predicted molar refractivity (Wildman–Crippen MR) is 58.6 cm³/mol. The first-order valence-electron chi connectivity index (χ1n) is 4.78. The molecular formula is C10H18ClNO2. The van der Waals surface area contributed by atoms with Gasteiger partial charge in [0, 0.05) is 12.1 Å². The van der Waals surface area contributed by atoms with Crippen molar-refractivity contribution in [1.29, 1.82) is 0 Å². The number of carbonyl (C=O) groups excluding carboxylic acids is 1. The maximum Gasteiger partial charge on any atom is 0.334 e. The van der Waals surface area contributed by atoms with Crippen molar-refractivity contribution in [2.24, 2.45) is 0 Å². The summed E-state index contributed by atoms with van der Waals surface area (Å²) in [6.45, 7) is 10.7. The Bertz CT molecular complexity index is 191. The Hall–Kier alpha value is -0.540. The molecule has 0 heterocycles. The second kappa shape index (κ2) is 7.83. The highest BCUT2D eigenvalue weighted by Crippen LogP contribution is 1.97. The Morgan fingerprint density at radius 2 is 2.00 bits per heavy atom. The molecule has 0 aliphatic heterocycles. The number of esters is 1. The first-order valence-corrected chi connectivity index (χ1v) is 5.32. The summed E-state index contributed by atoms with van der Waals surface area (Å²) in [6.07, 6.45) is 0. The molecule has 3 nitrogen and oxygen atoms in total. The van der Waals surface area contributed by atoms with Crippen LogP contribution in [0.3, 0.4) is 0 Å². The van der Waals surface area contributed by atoms with E-state index in [1.165, 1.54) is 0 Å². The van der Waals surface area contributed by atoms with Crippen molar-refractivity contribution in [1.82, 2.24) is 4.90 Å². The van der Waals surface area contributed by atoms with Crippen molar-refractivity contribution >= 4 is 17.6 Å². The standard InChI is InChI=1S/C10H18ClNO2/c1-4-12(5-2)6-7-14-10(13)9(3)8-11/h3-8H2,1-2H3. The van der Waals surface area contributed by atoms with Crippen LogP contribution in [0.1, 0.15) is 13.8 Å². The quantitative estimate of drug-likeness (QED) is 0.371. The number of hydrogen-bond acceptors (Lipinski definition) is 3. The van der Waals surface area contributed by atoms with Crippen LogP contribution >= 0.6 is 11.6 Å². The van der Waals surface area contributed by atoms with Gasteiger partial charge < -0.3 is 9.64 Å². The number of hydrogen-bond donors (Lipinski definition) is 0. The molecule has 0 aromatic heterocycles. The molecule has 0 saturated carbocycles. The Labute approximate surface area is 90.7 Å². The Morgan fingerprint density at radius 3 is 2.43 bits per heavy atom. The van der Waals surface area contributed by atoms with Crippen LogP contribution in [0.5, 0.6) is 0 Å². The molecule has 0 atom stereocenters. The van der Waals surface area contributed by atoms with E-state index in [2.05, 4.69) is 25.3 Å². The van der Waals surface area contributed by atoms with Gasteiger partial charge in [0.2, 0.25) is 0 Å². The molecule has 0 radical (unpaired) electrons. The molecule has 0 amide bonds. The maximum atomic E-state index is 11.1. The zero-order valence-electron chi connectivity index (χ0n) is 8.88. The molecule has 0 aliphatic carbocycles. The molecule has 0 aromatic carbocycles. The van der Waals surface area contributed by atoms with Crippen LogP contribution in [0.15, 0.2) is 12.2 Å². The Kier molecular flexibility index (Phi) is 7.52. The van der Waals surface area contributed by atoms with E-state index in [0.717, 1.165) is 19.6 Å². The molecule has 0 fully saturated rings. The van der Waals surface area contributed by atoms with E-state index in [4.69, 9.17) is 16.3 Å². The molecule has 0 N–H and O–H groups in total. The van der Waals surface area contributed by atoms with Crippen molar-refractivity contribution < 1.29 is 9.53 Å². The van der Waals surface area contributed by atoms with Crippen LogP contribution < -0.4 is 0 Å². The summed E-state index contributed by atoms with van der Waals surface area (Å²) in [4.78, 5) is 13.3. The van der Waals surface area contributed by atoms with E-state index in [-0.39, 0.29) is 5.88 Å². The highest BCUT2D eigenvalue weighted by molar-refractivity contribution is 6.22. The third kappa shape index (κ3) is 5.25. The smallest absolute Gasteiger partial charge is 0.334 e. The van der Waals surface area contributed by atoms with Gasteiger partial charge in [0.05, 0.1) is 5.88 Å². The fourth-order valence-corrected chi connectivity index (χ4v) is 1.07. The molecule has 0 spiro atoms. The van der Waals surface area contributed by atoms with Crippen molar-refractivity contribution in [2.75, 3.05) is 32.1 Å². The molecule has 0 saturated heterocycles. The van der Waals surface area contributed by atoms with Gasteiger partial charge >= 0.3 is 5.97 Å². The van der Waals surface area contributed by atoms with Gasteiger partial charge in [0.15, 0.2) is 0 Å². The van der Waals surface area contributed by atoms with Crippen LogP contribution in [0.4, 0.5) is 0 Å². The van der Waals surface area contributed by atoms with Crippen molar-refractivity contribution in [3.63, 3.8) is 0 Å². The highest BCUT2D eigenvalue weighted by atomic mass is 35.5. The van der Waals surface area contributed by atoms with Crippen LogP contribution in [0.2, 0.25) is 0 Å². The molecule has 4 heteroatoms. The lowest BCUT2D eigenvalue weighted by atomic mass is 10.3. The molecule has 0 rings (SSSR count). The summed E-state index contributed by atoms with van der Waals surface area (Å²) in [6, 6.07) is 0. The van der Waals surface area contributed by atoms with Crippen molar-refractivity contribution in [3.05, 3.63) is 12.2 Å². The molecule has 0 bridgehead atoms. The van der Waals surface area contributed by atoms with Gasteiger partial charge in [-0.25, -0.2) is 4.79 Å². The van der Waals surface area contributed by atoms with Crippen molar-refractivity contribution in [2.45, 2.75) is 13.8 Å². The van der Waals surface area contributed by atoms with Gasteiger partial charge in [-0.1, -0.05) is 20.4 Å². The number of carbonyl (C=O) groups is 1. The Morgan fingerprint density at radius 1 is 1.43 bits per heavy atom. The summed E-state index contributed by atoms with van der Waals surface area (Å²) < 4.78 is 4.96. The fourth-order valence-electron chi connectivity index (χ4n) is 0.964. The maximum absolute atomic E-state index is 11.1. The van der Waals surface area contributed by atoms with Crippen molar-refractivity contribution in [3.8, 4) is 0 Å². The second-order valence-electron chi connectivity index (χ2n) is 2.90. The van der Waals surface area contributed by atoms with Crippen LogP contribution in [0.25, 0.3) is 0 Å². The predicted octanol–water partition coefficient (Wildman–Crippen LogP) is 1.67. The third-order valence-electron chi connectivity index (χ3n) is 1.99. The zero-order valence-corrected chi connectivity index (χ0v) is 9.64. The van der Waals surface area contributed by atoms with Gasteiger partial charge in [-0.2, -0.15) is 0 Å². The number of halogens is 1. The average molecular weight is 220 g/mol. The average Bonchev–Trinajstić information content (AvgIpc) is 2.22. The van der Waals surface area contributed by atoms with Gasteiger partial charge in [-0.15, -0.1) is 11.6 Å². The number of alkyl halides is 1. The zero-order chi connectivity index (χ0) is 11.0. The second-order valence-corrected chi connectivity index (χ2v) is 3.17. The molecular weight excluding hydrogens is 202 g/mol. The Balaban J connectivity index is 3.63. The van der Waals surface area contributed by atoms with Crippen LogP contribution in [0, 0.1) is 0 Å². The first kappa shape index (κ1) is 13.5. The lowest BCUT2D eigenvalue weighted by Gasteiger charge is -2.17. The topological polar surface area (TPSA) is 29.5 Å². The normalized spacial score (nSPS) is 10.3. The van der Waals surface area contributed by atoms with E-state index >= 15 is 0 Å². The fraction of sp³-hybridized carbons (Fsp3) is 0.700. The number of nitrogens with zero attached hydrogens (tertiary/aromatic N) is 1. The number of ether oxygens (including phenoxy) is 1. The van der Waals surface area contributed by atoms with Crippen LogP contribution in [-0.4, -0.2) is 43.0 Å². The van der Waals surface area contributed by atoms with Gasteiger partial charge in [0.1, 0.15) is 6.61 Å². The summed E-state index contributed by atoms with van der Waals surface area (Å²) in [5.41, 5.74) is 0.311. The highest BCUT2D eigenvalue weighted by Gasteiger charge is 2.07. The summed E-state index contributed by atoms with van der Waals surface area (Å²) in [5.74, 6) is -0.267. The third-order valence-corrected chi connectivity index (χ3v) is 2.31. The van der Waals surface area contributed by atoms with E-state index in [1.54, 1.807) is 0 Å². The van der Waals surface area contributed by atoms with Gasteiger partial charge in [-0.3, -0.25) is 0 Å². The molecule has 0 aromatic rings. The molecule has 0 unspecified atom stereocenters. The van der Waals surface area contributed by atoms with Crippen LogP contribution in [-0.2, 0) is 9.53 Å². The summed E-state index contributed by atoms with van der Waals surface area (Å²) in [7, 11) is 0. The molecule has 14 heavy (non-hydrogen) atoms. The molecule has 0 aliphatic rings. The monoisotopic (exact) mass is 219 g/mol. The van der Waals surface area contributed by atoms with E-state index in [0.29, 0.717) is 12.2 Å². The lowest BCUT2D eigenvalue weighted by molar-refractivity contribution is -0.139. The summed E-state index contributed by atoms with van der Waals surface area (Å²) >= 11 is 5.43. The van der Waals surface area contributed by atoms with E-state index in [9.17, 15) is 4.79 Å². The van der Waals surface area contributed by atoms with E-state index in [1.807, 2.05) is 0 Å². The lowest BCUT2D eigenvalue weighted by Crippen LogP contribution is -2.28. The van der Waals surface area contributed by atoms with E-state index < -0.39 is 5.97 Å². The summed E-state index contributed by atoms with van der Waals surface area (Å²) in [5, 5.41) is 0. The largest absolute Gasteiger partial charge is 0.461 e. The minimum absolute atomic E-state index is 0.129. The SMILES string of the molecule is C=C(CCl)C(=O)OCCN(CC)CC. The molecule has 82 valence electrons. The van der Waals surface area contributed by atoms with Gasteiger partial charge in [-0.05, 0) is 13.1 Å². The van der Waals surface area contributed by atoms with Gasteiger partial charge in [0.25, 0.3) is 0 Å². The minimum Gasteiger partial charge on any atom is -0.461 e. The number of likely N-dealkylation sites (N-methyl/N-ethyl adjacent to an activating group) is 1. The number of rotatable bonds is 7.